The number of hydrogen-bond donors (Lipinski definition) is 1. The van der Waals surface area contributed by atoms with Gasteiger partial charge in [-0.3, -0.25) is 4.98 Å². The predicted octanol–water partition coefficient (Wildman–Crippen LogP) is 1.71. The van der Waals surface area contributed by atoms with Crippen molar-refractivity contribution in [3.8, 4) is 5.75 Å². The fourth-order valence-corrected chi connectivity index (χ4v) is 1.88. The molecule has 2 rings (SSSR count). The van der Waals surface area contributed by atoms with Crippen molar-refractivity contribution in [3.05, 3.63) is 35.7 Å². The van der Waals surface area contributed by atoms with E-state index in [1.807, 2.05) is 23.7 Å². The highest BCUT2D eigenvalue weighted by atomic mass is 16.5. The van der Waals surface area contributed by atoms with Crippen LogP contribution in [0.4, 0.5) is 0 Å². The van der Waals surface area contributed by atoms with Crippen molar-refractivity contribution in [1.29, 1.82) is 0 Å². The van der Waals surface area contributed by atoms with Crippen LogP contribution in [0, 0.1) is 12.8 Å². The first-order valence-corrected chi connectivity index (χ1v) is 6.67. The Bertz CT molecular complexity index is 566. The Hall–Kier alpha value is -1.95. The van der Waals surface area contributed by atoms with E-state index < -0.39 is 0 Å². The number of nitrogens with zero attached hydrogens (tertiary/aromatic N) is 4. The van der Waals surface area contributed by atoms with E-state index in [9.17, 15) is 5.11 Å². The lowest BCUT2D eigenvalue weighted by atomic mass is 10.2. The van der Waals surface area contributed by atoms with Gasteiger partial charge >= 0.3 is 0 Å². The van der Waals surface area contributed by atoms with Gasteiger partial charge in [0.15, 0.2) is 5.82 Å². The van der Waals surface area contributed by atoms with E-state index in [1.165, 1.54) is 6.33 Å². The van der Waals surface area contributed by atoms with Crippen molar-refractivity contribution < 1.29 is 9.84 Å². The summed E-state index contributed by atoms with van der Waals surface area (Å²) in [5.74, 6) is 1.84. The summed E-state index contributed by atoms with van der Waals surface area (Å²) in [5, 5.41) is 13.5. The molecule has 0 aliphatic rings. The number of pyridine rings is 1. The maximum absolute atomic E-state index is 9.30. The van der Waals surface area contributed by atoms with Crippen molar-refractivity contribution in [1.82, 2.24) is 19.7 Å². The van der Waals surface area contributed by atoms with Crippen molar-refractivity contribution >= 4 is 0 Å². The maximum atomic E-state index is 9.30. The summed E-state index contributed by atoms with van der Waals surface area (Å²) < 4.78 is 7.54. The van der Waals surface area contributed by atoms with Gasteiger partial charge in [-0.15, -0.1) is 0 Å². The molecular formula is C14H20N4O2. The number of ether oxygens (including phenoxy) is 1. The third-order valence-electron chi connectivity index (χ3n) is 2.81. The van der Waals surface area contributed by atoms with Gasteiger partial charge in [-0.2, -0.15) is 5.10 Å². The van der Waals surface area contributed by atoms with Gasteiger partial charge in [0.1, 0.15) is 24.4 Å². The first kappa shape index (κ1) is 14.5. The summed E-state index contributed by atoms with van der Waals surface area (Å²) in [6.45, 7) is 7.10. The Balaban J connectivity index is 2.07. The van der Waals surface area contributed by atoms with Gasteiger partial charge < -0.3 is 9.84 Å². The molecule has 0 unspecified atom stereocenters. The summed E-state index contributed by atoms with van der Waals surface area (Å²) in [6, 6.07) is 3.67. The van der Waals surface area contributed by atoms with Gasteiger partial charge in [-0.25, -0.2) is 9.67 Å². The molecule has 2 heterocycles. The Labute approximate surface area is 118 Å². The SMILES string of the molecule is Cc1ccc(OCc2ncnn2CC(C)C)c(CO)n1. The third kappa shape index (κ3) is 3.54. The number of aliphatic hydroxyl groups excluding tert-OH is 1. The predicted molar refractivity (Wildman–Crippen MR) is 74.1 cm³/mol. The molecule has 0 aromatic carbocycles. The van der Waals surface area contributed by atoms with Crippen LogP contribution in [-0.4, -0.2) is 24.9 Å². The molecule has 0 spiro atoms. The van der Waals surface area contributed by atoms with E-state index in [2.05, 4.69) is 28.9 Å². The fraction of sp³-hybridized carbons (Fsp3) is 0.500. The summed E-state index contributed by atoms with van der Waals surface area (Å²) in [5.41, 5.74) is 1.39. The van der Waals surface area contributed by atoms with Crippen LogP contribution in [0.15, 0.2) is 18.5 Å². The van der Waals surface area contributed by atoms with Crippen LogP contribution in [0.5, 0.6) is 5.75 Å². The molecule has 0 aliphatic carbocycles. The summed E-state index contributed by atoms with van der Waals surface area (Å²) >= 11 is 0. The number of hydrogen-bond acceptors (Lipinski definition) is 5. The first-order chi connectivity index (χ1) is 9.60. The second-order valence-electron chi connectivity index (χ2n) is 5.10. The highest BCUT2D eigenvalue weighted by molar-refractivity contribution is 5.28. The maximum Gasteiger partial charge on any atom is 0.164 e. The second kappa shape index (κ2) is 6.47. The molecule has 0 saturated heterocycles. The number of aliphatic hydroxyl groups is 1. The fourth-order valence-electron chi connectivity index (χ4n) is 1.88. The normalized spacial score (nSPS) is 11.1. The Morgan fingerprint density at radius 1 is 1.35 bits per heavy atom. The molecule has 0 atom stereocenters. The molecule has 0 radical (unpaired) electrons. The molecule has 0 bridgehead atoms. The zero-order chi connectivity index (χ0) is 14.5. The van der Waals surface area contributed by atoms with Crippen LogP contribution < -0.4 is 4.74 Å². The van der Waals surface area contributed by atoms with Crippen molar-refractivity contribution in [2.45, 2.75) is 40.5 Å². The van der Waals surface area contributed by atoms with Gasteiger partial charge in [-0.05, 0) is 25.0 Å². The molecule has 1 N–H and O–H groups in total. The van der Waals surface area contributed by atoms with Gasteiger partial charge in [0.2, 0.25) is 0 Å². The molecule has 2 aromatic rings. The molecule has 0 aliphatic heterocycles. The monoisotopic (exact) mass is 276 g/mol. The number of rotatable bonds is 6. The van der Waals surface area contributed by atoms with E-state index in [1.54, 1.807) is 0 Å². The van der Waals surface area contributed by atoms with E-state index in [0.717, 1.165) is 18.1 Å². The quantitative estimate of drug-likeness (QED) is 0.869. The van der Waals surface area contributed by atoms with E-state index in [4.69, 9.17) is 4.74 Å². The Kier molecular flexibility index (Phi) is 4.68. The third-order valence-corrected chi connectivity index (χ3v) is 2.81. The minimum atomic E-state index is -0.143. The lowest BCUT2D eigenvalue weighted by Crippen LogP contribution is -2.13. The van der Waals surface area contributed by atoms with Gasteiger partial charge in [0, 0.05) is 12.2 Å². The molecule has 2 aromatic heterocycles. The van der Waals surface area contributed by atoms with Gasteiger partial charge in [-0.1, -0.05) is 13.8 Å². The van der Waals surface area contributed by atoms with Crippen LogP contribution in [0.2, 0.25) is 0 Å². The molecule has 0 fully saturated rings. The van der Waals surface area contributed by atoms with Crippen LogP contribution >= 0.6 is 0 Å². The molecule has 0 saturated carbocycles. The molecule has 0 amide bonds. The van der Waals surface area contributed by atoms with Crippen LogP contribution in [0.1, 0.15) is 31.1 Å². The summed E-state index contributed by atoms with van der Waals surface area (Å²) in [6.07, 6.45) is 1.53. The van der Waals surface area contributed by atoms with Crippen molar-refractivity contribution in [2.75, 3.05) is 0 Å². The first-order valence-electron chi connectivity index (χ1n) is 6.67. The molecular weight excluding hydrogens is 256 g/mol. The lowest BCUT2D eigenvalue weighted by Gasteiger charge is -2.11. The summed E-state index contributed by atoms with van der Waals surface area (Å²) in [4.78, 5) is 8.45. The van der Waals surface area contributed by atoms with Gasteiger partial charge in [0.25, 0.3) is 0 Å². The lowest BCUT2D eigenvalue weighted by molar-refractivity contribution is 0.246. The summed E-state index contributed by atoms with van der Waals surface area (Å²) in [7, 11) is 0. The van der Waals surface area contributed by atoms with Crippen LogP contribution in [0.3, 0.4) is 0 Å². The average Bonchev–Trinajstić information content (AvgIpc) is 2.83. The molecule has 108 valence electrons. The van der Waals surface area contributed by atoms with Crippen molar-refractivity contribution in [2.24, 2.45) is 5.92 Å². The van der Waals surface area contributed by atoms with Crippen LogP contribution in [0.25, 0.3) is 0 Å². The zero-order valence-corrected chi connectivity index (χ0v) is 12.1. The topological polar surface area (TPSA) is 73.1 Å². The zero-order valence-electron chi connectivity index (χ0n) is 12.1. The van der Waals surface area contributed by atoms with Gasteiger partial charge in [0.05, 0.1) is 6.61 Å². The minimum absolute atomic E-state index is 0.143. The molecule has 6 nitrogen and oxygen atoms in total. The minimum Gasteiger partial charge on any atom is -0.484 e. The number of aromatic nitrogens is 4. The number of aryl methyl sites for hydroxylation is 1. The second-order valence-corrected chi connectivity index (χ2v) is 5.10. The Morgan fingerprint density at radius 2 is 2.15 bits per heavy atom. The molecule has 6 heteroatoms. The standard InChI is InChI=1S/C14H20N4O2/c1-10(2)6-18-14(15-9-16-18)8-20-13-5-4-11(3)17-12(13)7-19/h4-5,9-10,19H,6-8H2,1-3H3. The smallest absolute Gasteiger partial charge is 0.164 e. The largest absolute Gasteiger partial charge is 0.484 e. The van der Waals surface area contributed by atoms with Crippen molar-refractivity contribution in [3.63, 3.8) is 0 Å². The van der Waals surface area contributed by atoms with E-state index in [-0.39, 0.29) is 6.61 Å². The van der Waals surface area contributed by atoms with E-state index >= 15 is 0 Å². The highest BCUT2D eigenvalue weighted by Gasteiger charge is 2.09. The molecule has 20 heavy (non-hydrogen) atoms. The Morgan fingerprint density at radius 3 is 2.85 bits per heavy atom. The van der Waals surface area contributed by atoms with E-state index in [0.29, 0.717) is 24.0 Å². The van der Waals surface area contributed by atoms with Crippen LogP contribution in [-0.2, 0) is 19.8 Å². The average molecular weight is 276 g/mol. The highest BCUT2D eigenvalue weighted by Crippen LogP contribution is 2.18.